The second-order valence-electron chi connectivity index (χ2n) is 6.92. The predicted molar refractivity (Wildman–Crippen MR) is 75.8 cm³/mol. The largest absolute Gasteiger partial charge is 0.598 e. The van der Waals surface area contributed by atoms with E-state index in [-0.39, 0.29) is 22.3 Å². The number of ether oxygens (including phenoxy) is 1. The lowest BCUT2D eigenvalue weighted by Gasteiger charge is -2.39. The van der Waals surface area contributed by atoms with E-state index in [1.165, 1.54) is 32.1 Å². The summed E-state index contributed by atoms with van der Waals surface area (Å²) >= 11 is -1.01. The Labute approximate surface area is 114 Å². The molecule has 0 radical (unpaired) electrons. The van der Waals surface area contributed by atoms with Crippen LogP contribution in [-0.2, 0) is 16.1 Å². The molecule has 2 fully saturated rings. The first kappa shape index (κ1) is 14.6. The Bertz CT molecular complexity index is 278. The Morgan fingerprint density at radius 2 is 1.83 bits per heavy atom. The molecule has 1 aliphatic heterocycles. The highest BCUT2D eigenvalue weighted by atomic mass is 32.2. The monoisotopic (exact) mass is 273 g/mol. The van der Waals surface area contributed by atoms with Crippen molar-refractivity contribution < 1.29 is 9.29 Å². The zero-order valence-corrected chi connectivity index (χ0v) is 12.9. The van der Waals surface area contributed by atoms with Gasteiger partial charge >= 0.3 is 0 Å². The molecule has 0 aromatic rings. The minimum absolute atomic E-state index is 0.175. The quantitative estimate of drug-likeness (QED) is 0.787. The van der Waals surface area contributed by atoms with E-state index < -0.39 is 11.4 Å². The van der Waals surface area contributed by atoms with Crippen LogP contribution in [-0.4, -0.2) is 28.1 Å². The van der Waals surface area contributed by atoms with Gasteiger partial charge in [-0.15, -0.1) is 4.72 Å². The van der Waals surface area contributed by atoms with Crippen molar-refractivity contribution in [1.82, 2.24) is 4.72 Å². The number of hydrogen-bond donors (Lipinski definition) is 1. The van der Waals surface area contributed by atoms with E-state index in [1.54, 1.807) is 0 Å². The van der Waals surface area contributed by atoms with Crippen LogP contribution >= 0.6 is 0 Å². The van der Waals surface area contributed by atoms with Crippen molar-refractivity contribution in [2.45, 2.75) is 76.7 Å². The molecule has 0 bridgehead atoms. The van der Waals surface area contributed by atoms with Gasteiger partial charge in [-0.1, -0.05) is 19.3 Å². The lowest BCUT2D eigenvalue weighted by Crippen LogP contribution is -2.54. The maximum Gasteiger partial charge on any atom is 0.136 e. The third-order valence-corrected chi connectivity index (χ3v) is 5.98. The van der Waals surface area contributed by atoms with Crippen molar-refractivity contribution in [1.29, 1.82) is 0 Å². The molecule has 0 amide bonds. The van der Waals surface area contributed by atoms with Crippen molar-refractivity contribution in [3.05, 3.63) is 0 Å². The van der Waals surface area contributed by atoms with Gasteiger partial charge in [-0.3, -0.25) is 0 Å². The van der Waals surface area contributed by atoms with Crippen LogP contribution in [0.25, 0.3) is 0 Å². The molecule has 3 nitrogen and oxygen atoms in total. The van der Waals surface area contributed by atoms with E-state index in [9.17, 15) is 4.55 Å². The summed E-state index contributed by atoms with van der Waals surface area (Å²) in [6, 6.07) is 0.248. The molecule has 1 saturated heterocycles. The molecule has 4 heteroatoms. The first-order chi connectivity index (χ1) is 8.35. The zero-order chi connectivity index (χ0) is 13.4. The van der Waals surface area contributed by atoms with E-state index in [0.717, 1.165) is 6.61 Å². The molecule has 1 spiro atoms. The minimum atomic E-state index is -1.01. The average Bonchev–Trinajstić information content (AvgIpc) is 2.58. The maximum atomic E-state index is 12.3. The van der Waals surface area contributed by atoms with Crippen LogP contribution in [0.3, 0.4) is 0 Å². The fourth-order valence-corrected chi connectivity index (χ4v) is 4.23. The molecule has 1 aliphatic carbocycles. The molecule has 1 heterocycles. The van der Waals surface area contributed by atoms with E-state index in [1.807, 2.05) is 20.8 Å². The average molecular weight is 273 g/mol. The molecule has 0 aromatic heterocycles. The fraction of sp³-hybridized carbons (Fsp3) is 1.00. The molecule has 18 heavy (non-hydrogen) atoms. The second-order valence-corrected chi connectivity index (χ2v) is 8.91. The van der Waals surface area contributed by atoms with Crippen molar-refractivity contribution in [3.8, 4) is 0 Å². The molecular formula is C14H27NO2S. The Kier molecular flexibility index (Phi) is 4.32. The van der Waals surface area contributed by atoms with Crippen LogP contribution in [0.1, 0.15) is 59.8 Å². The maximum absolute atomic E-state index is 12.3. The van der Waals surface area contributed by atoms with Gasteiger partial charge in [0, 0.05) is 16.8 Å². The van der Waals surface area contributed by atoms with Crippen molar-refractivity contribution in [2.75, 3.05) is 6.61 Å². The Morgan fingerprint density at radius 3 is 2.39 bits per heavy atom. The van der Waals surface area contributed by atoms with Crippen molar-refractivity contribution in [3.63, 3.8) is 0 Å². The summed E-state index contributed by atoms with van der Waals surface area (Å²) < 4.78 is 21.4. The second kappa shape index (κ2) is 5.31. The number of hydrogen-bond acceptors (Lipinski definition) is 3. The molecule has 1 N–H and O–H groups in total. The van der Waals surface area contributed by atoms with E-state index in [2.05, 4.69) is 11.6 Å². The molecule has 2 rings (SSSR count). The standard InChI is InChI=1S/C14H27NO2S/c1-11-12(15-18(16)13(2,3)4)14(10-17-11)8-6-5-7-9-14/h11-12,15H,5-10H2,1-4H3/t11-,12+,18+/m0/s1. The van der Waals surface area contributed by atoms with Crippen LogP contribution < -0.4 is 4.72 Å². The van der Waals surface area contributed by atoms with Crippen molar-refractivity contribution in [2.24, 2.45) is 5.41 Å². The normalized spacial score (nSPS) is 33.8. The SMILES string of the molecule is C[C@@H]1OCC2(CCCCC2)[C@@H]1N[S@+]([O-])C(C)(C)C. The number of rotatable bonds is 2. The molecule has 0 aromatic carbocycles. The lowest BCUT2D eigenvalue weighted by atomic mass is 9.70. The zero-order valence-electron chi connectivity index (χ0n) is 12.1. The summed E-state index contributed by atoms with van der Waals surface area (Å²) in [6.45, 7) is 9.01. The fourth-order valence-electron chi connectivity index (χ4n) is 3.21. The van der Waals surface area contributed by atoms with Gasteiger partial charge in [0.2, 0.25) is 0 Å². The summed E-state index contributed by atoms with van der Waals surface area (Å²) in [5.41, 5.74) is 0.235. The molecule has 106 valence electrons. The lowest BCUT2D eigenvalue weighted by molar-refractivity contribution is 0.0926. The smallest absolute Gasteiger partial charge is 0.136 e. The Balaban J connectivity index is 2.08. The first-order valence-electron chi connectivity index (χ1n) is 7.15. The van der Waals surface area contributed by atoms with Gasteiger partial charge in [-0.2, -0.15) is 0 Å². The van der Waals surface area contributed by atoms with Crippen molar-refractivity contribution >= 4 is 11.4 Å². The molecule has 2 aliphatic rings. The van der Waals surface area contributed by atoms with Crippen LogP contribution in [0.5, 0.6) is 0 Å². The predicted octanol–water partition coefficient (Wildman–Crippen LogP) is 2.78. The Hall–Kier alpha value is 0.230. The third kappa shape index (κ3) is 2.87. The van der Waals surface area contributed by atoms with Gasteiger partial charge in [-0.25, -0.2) is 0 Å². The van der Waals surface area contributed by atoms with Gasteiger partial charge in [0.25, 0.3) is 0 Å². The van der Waals surface area contributed by atoms with Crippen LogP contribution in [0, 0.1) is 5.41 Å². The van der Waals surface area contributed by atoms with Crippen LogP contribution in [0.4, 0.5) is 0 Å². The summed E-state index contributed by atoms with van der Waals surface area (Å²) in [5, 5.41) is 0. The highest BCUT2D eigenvalue weighted by molar-refractivity contribution is 7.90. The van der Waals surface area contributed by atoms with Crippen LogP contribution in [0.15, 0.2) is 0 Å². The molecule has 0 unspecified atom stereocenters. The summed E-state index contributed by atoms with van der Waals surface area (Å²) in [4.78, 5) is 0. The summed E-state index contributed by atoms with van der Waals surface area (Å²) in [5.74, 6) is 0. The highest BCUT2D eigenvalue weighted by Gasteiger charge is 2.51. The minimum Gasteiger partial charge on any atom is -0.598 e. The first-order valence-corrected chi connectivity index (χ1v) is 8.30. The van der Waals surface area contributed by atoms with Gasteiger partial charge in [0.05, 0.1) is 18.8 Å². The van der Waals surface area contributed by atoms with Gasteiger partial charge < -0.3 is 9.29 Å². The summed E-state index contributed by atoms with van der Waals surface area (Å²) in [7, 11) is 0. The Morgan fingerprint density at radius 1 is 1.22 bits per heavy atom. The highest BCUT2D eigenvalue weighted by Crippen LogP contribution is 2.45. The van der Waals surface area contributed by atoms with Gasteiger partial charge in [-0.05, 0) is 40.5 Å². The van der Waals surface area contributed by atoms with E-state index >= 15 is 0 Å². The van der Waals surface area contributed by atoms with Gasteiger partial charge in [0.15, 0.2) is 0 Å². The van der Waals surface area contributed by atoms with E-state index in [4.69, 9.17) is 4.74 Å². The van der Waals surface area contributed by atoms with Crippen LogP contribution in [0.2, 0.25) is 0 Å². The molecular weight excluding hydrogens is 246 g/mol. The third-order valence-electron chi connectivity index (χ3n) is 4.40. The summed E-state index contributed by atoms with van der Waals surface area (Å²) in [6.07, 6.45) is 6.53. The van der Waals surface area contributed by atoms with E-state index in [0.29, 0.717) is 0 Å². The topological polar surface area (TPSA) is 44.3 Å². The van der Waals surface area contributed by atoms with Gasteiger partial charge in [0.1, 0.15) is 4.75 Å². The molecule has 3 atom stereocenters. The number of nitrogens with one attached hydrogen (secondary N) is 1. The molecule has 1 saturated carbocycles.